The zero-order valence-corrected chi connectivity index (χ0v) is 12.5. The van der Waals surface area contributed by atoms with Crippen LogP contribution >= 0.6 is 0 Å². The van der Waals surface area contributed by atoms with E-state index in [9.17, 15) is 4.39 Å². The molecule has 0 saturated carbocycles. The van der Waals surface area contributed by atoms with Crippen molar-refractivity contribution < 1.29 is 4.39 Å². The summed E-state index contributed by atoms with van der Waals surface area (Å²) in [5.41, 5.74) is 2.65. The molecule has 0 aromatic heterocycles. The van der Waals surface area contributed by atoms with Crippen LogP contribution in [0.25, 0.3) is 10.8 Å². The fourth-order valence-corrected chi connectivity index (χ4v) is 3.31. The van der Waals surface area contributed by atoms with Crippen LogP contribution in [0.1, 0.15) is 44.2 Å². The van der Waals surface area contributed by atoms with Crippen LogP contribution in [0.2, 0.25) is 0 Å². The van der Waals surface area contributed by atoms with E-state index in [0.717, 1.165) is 24.8 Å². The van der Waals surface area contributed by atoms with Crippen LogP contribution in [0.5, 0.6) is 0 Å². The second-order valence-corrected chi connectivity index (χ2v) is 5.70. The van der Waals surface area contributed by atoms with E-state index in [0.29, 0.717) is 5.39 Å². The molecule has 0 aliphatic heterocycles. The molecule has 3 rings (SSSR count). The predicted molar refractivity (Wildman–Crippen MR) is 86.9 cm³/mol. The summed E-state index contributed by atoms with van der Waals surface area (Å²) >= 11 is 0. The molecule has 1 unspecified atom stereocenters. The Bertz CT molecular complexity index is 660. The van der Waals surface area contributed by atoms with E-state index in [1.54, 1.807) is 6.07 Å². The number of fused-ring (bicyclic) bond motifs is 1. The molecule has 2 heteroatoms. The fourth-order valence-electron chi connectivity index (χ4n) is 3.31. The van der Waals surface area contributed by atoms with Crippen LogP contribution < -0.4 is 5.32 Å². The van der Waals surface area contributed by atoms with E-state index in [1.807, 2.05) is 30.3 Å². The van der Waals surface area contributed by atoms with Crippen LogP contribution in [0.15, 0.2) is 48.0 Å². The average molecular weight is 283 g/mol. The summed E-state index contributed by atoms with van der Waals surface area (Å²) in [5, 5.41) is 5.33. The molecule has 0 spiro atoms. The van der Waals surface area contributed by atoms with Gasteiger partial charge in [0, 0.05) is 5.39 Å². The molecular weight excluding hydrogens is 261 g/mol. The maximum absolute atomic E-state index is 14.0. The van der Waals surface area contributed by atoms with Gasteiger partial charge in [-0.3, -0.25) is 0 Å². The van der Waals surface area contributed by atoms with Gasteiger partial charge in [-0.2, -0.15) is 0 Å². The fraction of sp³-hybridized carbons (Fsp3) is 0.368. The van der Waals surface area contributed by atoms with Crippen LogP contribution in [0.4, 0.5) is 4.39 Å². The van der Waals surface area contributed by atoms with Gasteiger partial charge in [-0.1, -0.05) is 48.9 Å². The third kappa shape index (κ3) is 2.86. The number of allylic oxidation sites excluding steroid dienone is 1. The molecule has 2 aromatic rings. The number of rotatable bonds is 4. The zero-order valence-electron chi connectivity index (χ0n) is 12.5. The Morgan fingerprint density at radius 2 is 1.90 bits per heavy atom. The first kappa shape index (κ1) is 14.3. The number of benzene rings is 2. The van der Waals surface area contributed by atoms with Gasteiger partial charge >= 0.3 is 0 Å². The zero-order chi connectivity index (χ0) is 14.7. The minimum absolute atomic E-state index is 0.137. The molecule has 1 atom stereocenters. The third-order valence-corrected chi connectivity index (χ3v) is 4.32. The number of likely N-dealkylation sites (N-methyl/N-ethyl adjacent to an activating group) is 1. The second kappa shape index (κ2) is 6.40. The predicted octanol–water partition coefficient (Wildman–Crippen LogP) is 5.13. The normalized spacial score (nSPS) is 16.8. The molecule has 0 bridgehead atoms. The van der Waals surface area contributed by atoms with Gasteiger partial charge in [0.15, 0.2) is 0 Å². The van der Waals surface area contributed by atoms with E-state index >= 15 is 0 Å². The molecule has 1 nitrogen and oxygen atoms in total. The smallest absolute Gasteiger partial charge is 0.131 e. The minimum atomic E-state index is -0.137. The van der Waals surface area contributed by atoms with E-state index in [2.05, 4.69) is 18.3 Å². The van der Waals surface area contributed by atoms with E-state index in [4.69, 9.17) is 0 Å². The van der Waals surface area contributed by atoms with Crippen molar-refractivity contribution in [1.82, 2.24) is 5.32 Å². The summed E-state index contributed by atoms with van der Waals surface area (Å²) in [6.45, 7) is 3.04. The van der Waals surface area contributed by atoms with Crippen molar-refractivity contribution in [1.29, 1.82) is 0 Å². The summed E-state index contributed by atoms with van der Waals surface area (Å²) in [6, 6.07) is 11.5. The Hall–Kier alpha value is -1.67. The quantitative estimate of drug-likeness (QED) is 0.767. The molecule has 2 aromatic carbocycles. The summed E-state index contributed by atoms with van der Waals surface area (Å²) in [4.78, 5) is 0. The first-order valence-corrected chi connectivity index (χ1v) is 7.90. The average Bonchev–Trinajstić information content (AvgIpc) is 2.55. The van der Waals surface area contributed by atoms with Gasteiger partial charge in [0.25, 0.3) is 0 Å². The molecule has 0 saturated heterocycles. The maximum Gasteiger partial charge on any atom is 0.131 e. The Labute approximate surface area is 125 Å². The van der Waals surface area contributed by atoms with Gasteiger partial charge in [0.05, 0.1) is 6.04 Å². The van der Waals surface area contributed by atoms with Crippen molar-refractivity contribution in [3.05, 3.63) is 59.4 Å². The van der Waals surface area contributed by atoms with Gasteiger partial charge in [-0.15, -0.1) is 0 Å². The molecule has 1 aliphatic rings. The van der Waals surface area contributed by atoms with E-state index in [1.165, 1.54) is 24.0 Å². The molecule has 0 amide bonds. The molecule has 0 radical (unpaired) electrons. The van der Waals surface area contributed by atoms with Crippen LogP contribution in [0.3, 0.4) is 0 Å². The SMILES string of the molecule is CCNC(C1=CCCCC1)c1ccc(F)c2ccccc12. The highest BCUT2D eigenvalue weighted by atomic mass is 19.1. The maximum atomic E-state index is 14.0. The lowest BCUT2D eigenvalue weighted by Gasteiger charge is -2.26. The lowest BCUT2D eigenvalue weighted by molar-refractivity contribution is 0.565. The van der Waals surface area contributed by atoms with E-state index in [-0.39, 0.29) is 11.9 Å². The molecule has 110 valence electrons. The van der Waals surface area contributed by atoms with Crippen molar-refractivity contribution in [2.75, 3.05) is 6.54 Å². The summed E-state index contributed by atoms with van der Waals surface area (Å²) in [6.07, 6.45) is 7.22. The lowest BCUT2D eigenvalue weighted by Crippen LogP contribution is -2.24. The minimum Gasteiger partial charge on any atom is -0.307 e. The highest BCUT2D eigenvalue weighted by Crippen LogP contribution is 2.34. The number of nitrogens with one attached hydrogen (secondary N) is 1. The first-order chi connectivity index (χ1) is 10.3. The van der Waals surface area contributed by atoms with Gasteiger partial charge in [-0.05, 0) is 49.2 Å². The third-order valence-electron chi connectivity index (χ3n) is 4.32. The van der Waals surface area contributed by atoms with Crippen LogP contribution in [0, 0.1) is 5.82 Å². The lowest BCUT2D eigenvalue weighted by atomic mass is 9.87. The van der Waals surface area contributed by atoms with Crippen molar-refractivity contribution in [3.8, 4) is 0 Å². The first-order valence-electron chi connectivity index (χ1n) is 7.90. The highest BCUT2D eigenvalue weighted by molar-refractivity contribution is 5.87. The van der Waals surface area contributed by atoms with Gasteiger partial charge < -0.3 is 5.32 Å². The van der Waals surface area contributed by atoms with Crippen molar-refractivity contribution >= 4 is 10.8 Å². The largest absolute Gasteiger partial charge is 0.307 e. The van der Waals surface area contributed by atoms with Crippen molar-refractivity contribution in [2.24, 2.45) is 0 Å². The molecule has 21 heavy (non-hydrogen) atoms. The molecule has 1 N–H and O–H groups in total. The Kier molecular flexibility index (Phi) is 4.35. The Balaban J connectivity index is 2.11. The van der Waals surface area contributed by atoms with Crippen LogP contribution in [-0.2, 0) is 0 Å². The molecule has 0 heterocycles. The summed E-state index contributed by atoms with van der Waals surface area (Å²) < 4.78 is 14.0. The van der Waals surface area contributed by atoms with Crippen molar-refractivity contribution in [3.63, 3.8) is 0 Å². The highest BCUT2D eigenvalue weighted by Gasteiger charge is 2.20. The molecule has 0 fully saturated rings. The summed E-state index contributed by atoms with van der Waals surface area (Å²) in [5.74, 6) is -0.137. The Morgan fingerprint density at radius 3 is 2.62 bits per heavy atom. The standard InChI is InChI=1S/C19H22FN/c1-2-21-19(14-8-4-3-5-9-14)17-12-13-18(20)16-11-7-6-10-15(16)17/h6-8,10-13,19,21H,2-5,9H2,1H3. The number of hydrogen-bond donors (Lipinski definition) is 1. The van der Waals surface area contributed by atoms with E-state index < -0.39 is 0 Å². The Morgan fingerprint density at radius 1 is 1.10 bits per heavy atom. The number of hydrogen-bond acceptors (Lipinski definition) is 1. The second-order valence-electron chi connectivity index (χ2n) is 5.70. The van der Waals surface area contributed by atoms with Crippen LogP contribution in [-0.4, -0.2) is 6.54 Å². The van der Waals surface area contributed by atoms with Gasteiger partial charge in [-0.25, -0.2) is 4.39 Å². The topological polar surface area (TPSA) is 12.0 Å². The van der Waals surface area contributed by atoms with Crippen molar-refractivity contribution in [2.45, 2.75) is 38.6 Å². The summed E-state index contributed by atoms with van der Waals surface area (Å²) in [7, 11) is 0. The van der Waals surface area contributed by atoms with Gasteiger partial charge in [0.1, 0.15) is 5.82 Å². The monoisotopic (exact) mass is 283 g/mol. The molecular formula is C19H22FN. The van der Waals surface area contributed by atoms with Gasteiger partial charge in [0.2, 0.25) is 0 Å². The molecule has 1 aliphatic carbocycles. The number of halogens is 1.